The summed E-state index contributed by atoms with van der Waals surface area (Å²) >= 11 is 12.1. The van der Waals surface area contributed by atoms with Gasteiger partial charge < -0.3 is 9.47 Å². The third-order valence-corrected chi connectivity index (χ3v) is 4.54. The maximum Gasteiger partial charge on any atom is 0.341 e. The van der Waals surface area contributed by atoms with Gasteiger partial charge in [0.1, 0.15) is 18.3 Å². The minimum atomic E-state index is -0.744. The van der Waals surface area contributed by atoms with Crippen LogP contribution in [0.25, 0.3) is 6.08 Å². The highest BCUT2D eigenvalue weighted by atomic mass is 35.5. The van der Waals surface area contributed by atoms with Gasteiger partial charge in [0.25, 0.3) is 0 Å². The third-order valence-electron chi connectivity index (χ3n) is 3.70. The van der Waals surface area contributed by atoms with Crippen LogP contribution in [-0.2, 0) is 19.1 Å². The molecule has 0 aliphatic heterocycles. The van der Waals surface area contributed by atoms with Crippen molar-refractivity contribution in [3.05, 3.63) is 75.3 Å². The molecular weight excluding hydrogens is 375 g/mol. The van der Waals surface area contributed by atoms with E-state index in [1.165, 1.54) is 20.1 Å². The normalized spacial score (nSPS) is 12.5. The fourth-order valence-electron chi connectivity index (χ4n) is 2.29. The molecule has 0 spiro atoms. The zero-order chi connectivity index (χ0) is 19.1. The molecule has 0 radical (unpaired) electrons. The Bertz CT molecular complexity index is 816. The van der Waals surface area contributed by atoms with Crippen molar-refractivity contribution in [1.29, 1.82) is 0 Å². The standard InChI is InChI=1S/C20H18Cl2O4/c1-13(23)16(11-15-9-6-10-17(21)19(15)22)20(24)26-12-18(25-2)14-7-4-3-5-8-14/h3-11,18H,12H2,1-2H3/t18-/m1/s1. The number of ether oxygens (including phenoxy) is 2. The summed E-state index contributed by atoms with van der Waals surface area (Å²) in [7, 11) is 1.53. The fraction of sp³-hybridized carbons (Fsp3) is 0.200. The molecule has 136 valence electrons. The maximum atomic E-state index is 12.4. The molecule has 0 aliphatic carbocycles. The number of hydrogen-bond donors (Lipinski definition) is 0. The van der Waals surface area contributed by atoms with Gasteiger partial charge in [-0.05, 0) is 30.2 Å². The predicted octanol–water partition coefficient (Wildman–Crippen LogP) is 4.90. The summed E-state index contributed by atoms with van der Waals surface area (Å²) in [4.78, 5) is 24.3. The maximum absolute atomic E-state index is 12.4. The molecule has 0 heterocycles. The number of halogens is 2. The first-order valence-corrected chi connectivity index (χ1v) is 8.61. The number of carbonyl (C=O) groups excluding carboxylic acids is 2. The molecule has 2 rings (SSSR count). The summed E-state index contributed by atoms with van der Waals surface area (Å²) in [6.07, 6.45) is 0.951. The third kappa shape index (κ3) is 5.18. The van der Waals surface area contributed by atoms with Crippen molar-refractivity contribution in [2.75, 3.05) is 13.7 Å². The summed E-state index contributed by atoms with van der Waals surface area (Å²) in [5, 5.41) is 0.597. The Balaban J connectivity index is 2.17. The van der Waals surface area contributed by atoms with Crippen LogP contribution in [0.3, 0.4) is 0 Å². The molecule has 0 N–H and O–H groups in total. The van der Waals surface area contributed by atoms with Crippen LogP contribution in [-0.4, -0.2) is 25.5 Å². The number of methoxy groups -OCH3 is 1. The quantitative estimate of drug-likeness (QED) is 0.291. The van der Waals surface area contributed by atoms with E-state index in [9.17, 15) is 9.59 Å². The minimum Gasteiger partial charge on any atom is -0.459 e. The van der Waals surface area contributed by atoms with Gasteiger partial charge in [0.2, 0.25) is 0 Å². The first kappa shape index (κ1) is 20.2. The zero-order valence-electron chi connectivity index (χ0n) is 14.4. The smallest absolute Gasteiger partial charge is 0.341 e. The average Bonchev–Trinajstić information content (AvgIpc) is 2.64. The Morgan fingerprint density at radius 1 is 1.08 bits per heavy atom. The largest absolute Gasteiger partial charge is 0.459 e. The monoisotopic (exact) mass is 392 g/mol. The number of rotatable bonds is 7. The predicted molar refractivity (Wildman–Crippen MR) is 102 cm³/mol. The molecule has 26 heavy (non-hydrogen) atoms. The van der Waals surface area contributed by atoms with Crippen molar-refractivity contribution in [2.45, 2.75) is 13.0 Å². The van der Waals surface area contributed by atoms with E-state index >= 15 is 0 Å². The Kier molecular flexibility index (Phi) is 7.39. The Labute approximate surface area is 162 Å². The highest BCUT2D eigenvalue weighted by molar-refractivity contribution is 6.43. The van der Waals surface area contributed by atoms with Gasteiger partial charge in [-0.25, -0.2) is 4.79 Å². The number of hydrogen-bond acceptors (Lipinski definition) is 4. The molecule has 0 fully saturated rings. The van der Waals surface area contributed by atoms with Crippen molar-refractivity contribution >= 4 is 41.0 Å². The molecule has 1 atom stereocenters. The van der Waals surface area contributed by atoms with Crippen LogP contribution >= 0.6 is 23.2 Å². The van der Waals surface area contributed by atoms with Crippen molar-refractivity contribution in [2.24, 2.45) is 0 Å². The van der Waals surface area contributed by atoms with E-state index in [1.807, 2.05) is 30.3 Å². The molecule has 0 amide bonds. The van der Waals surface area contributed by atoms with E-state index in [0.29, 0.717) is 10.6 Å². The summed E-state index contributed by atoms with van der Waals surface area (Å²) in [6.45, 7) is 1.27. The van der Waals surface area contributed by atoms with E-state index in [0.717, 1.165) is 5.56 Å². The lowest BCUT2D eigenvalue weighted by molar-refractivity contribution is -0.143. The minimum absolute atomic E-state index is 0.0206. The van der Waals surface area contributed by atoms with E-state index in [1.54, 1.807) is 18.2 Å². The molecule has 4 nitrogen and oxygen atoms in total. The molecule has 2 aromatic rings. The summed E-state index contributed by atoms with van der Waals surface area (Å²) in [5.41, 5.74) is 1.22. The van der Waals surface area contributed by atoms with Gasteiger partial charge >= 0.3 is 5.97 Å². The lowest BCUT2D eigenvalue weighted by atomic mass is 10.1. The number of ketones is 1. The van der Waals surface area contributed by atoms with Crippen LogP contribution < -0.4 is 0 Å². The van der Waals surface area contributed by atoms with Crippen molar-refractivity contribution in [1.82, 2.24) is 0 Å². The van der Waals surface area contributed by atoms with Crippen LogP contribution in [0.15, 0.2) is 54.1 Å². The van der Waals surface area contributed by atoms with Crippen molar-refractivity contribution in [3.8, 4) is 0 Å². The second-order valence-electron chi connectivity index (χ2n) is 5.49. The summed E-state index contributed by atoms with van der Waals surface area (Å²) < 4.78 is 10.6. The van der Waals surface area contributed by atoms with Gasteiger partial charge in [0, 0.05) is 7.11 Å². The molecule has 6 heteroatoms. The van der Waals surface area contributed by atoms with Crippen molar-refractivity contribution < 1.29 is 19.1 Å². The van der Waals surface area contributed by atoms with Gasteiger partial charge in [0.15, 0.2) is 5.78 Å². The lowest BCUT2D eigenvalue weighted by Gasteiger charge is -2.16. The van der Waals surface area contributed by atoms with Gasteiger partial charge in [-0.3, -0.25) is 4.79 Å². The van der Waals surface area contributed by atoms with E-state index in [4.69, 9.17) is 32.7 Å². The summed E-state index contributed by atoms with van der Waals surface area (Å²) in [5.74, 6) is -1.17. The molecule has 0 unspecified atom stereocenters. The molecule has 0 bridgehead atoms. The van der Waals surface area contributed by atoms with Gasteiger partial charge in [-0.2, -0.15) is 0 Å². The number of Topliss-reactive ketones (excluding diaryl/α,β-unsaturated/α-hetero) is 1. The van der Waals surface area contributed by atoms with E-state index in [-0.39, 0.29) is 17.2 Å². The first-order chi connectivity index (χ1) is 12.4. The number of carbonyl (C=O) groups is 2. The SMILES string of the molecule is CO[C@H](COC(=O)C(=Cc1cccc(Cl)c1Cl)C(C)=O)c1ccccc1. The highest BCUT2D eigenvalue weighted by Gasteiger charge is 2.20. The fourth-order valence-corrected chi connectivity index (χ4v) is 2.65. The Morgan fingerprint density at radius 3 is 2.38 bits per heavy atom. The first-order valence-electron chi connectivity index (χ1n) is 7.85. The second kappa shape index (κ2) is 9.53. The van der Waals surface area contributed by atoms with E-state index in [2.05, 4.69) is 0 Å². The molecule has 2 aromatic carbocycles. The van der Waals surface area contributed by atoms with Crippen LogP contribution in [0.2, 0.25) is 10.0 Å². The Morgan fingerprint density at radius 2 is 1.77 bits per heavy atom. The van der Waals surface area contributed by atoms with Gasteiger partial charge in [0.05, 0.1) is 10.0 Å². The Hall–Kier alpha value is -2.14. The van der Waals surface area contributed by atoms with Crippen LogP contribution in [0.1, 0.15) is 24.2 Å². The molecule has 0 aromatic heterocycles. The molecule has 0 aliphatic rings. The van der Waals surface area contributed by atoms with Crippen molar-refractivity contribution in [3.63, 3.8) is 0 Å². The van der Waals surface area contributed by atoms with Crippen LogP contribution in [0.4, 0.5) is 0 Å². The molecule has 0 saturated carbocycles. The lowest BCUT2D eigenvalue weighted by Crippen LogP contribution is -2.18. The molecule has 0 saturated heterocycles. The van der Waals surface area contributed by atoms with Crippen LogP contribution in [0.5, 0.6) is 0 Å². The number of benzene rings is 2. The molecular formula is C20H18Cl2O4. The van der Waals surface area contributed by atoms with Gasteiger partial charge in [-0.15, -0.1) is 0 Å². The second-order valence-corrected chi connectivity index (χ2v) is 6.28. The topological polar surface area (TPSA) is 52.6 Å². The van der Waals surface area contributed by atoms with Gasteiger partial charge in [-0.1, -0.05) is 65.7 Å². The van der Waals surface area contributed by atoms with Crippen LogP contribution in [0, 0.1) is 0 Å². The highest BCUT2D eigenvalue weighted by Crippen LogP contribution is 2.27. The van der Waals surface area contributed by atoms with E-state index < -0.39 is 17.9 Å². The number of esters is 1. The average molecular weight is 393 g/mol. The zero-order valence-corrected chi connectivity index (χ0v) is 15.9. The summed E-state index contributed by atoms with van der Waals surface area (Å²) in [6, 6.07) is 14.3.